The minimum atomic E-state index is -0.700. The minimum absolute atomic E-state index is 0.0526. The molecule has 0 saturated carbocycles. The Morgan fingerprint density at radius 2 is 2.38 bits per heavy atom. The molecule has 13 heavy (non-hydrogen) atoms. The lowest BCUT2D eigenvalue weighted by atomic mass is 10.1. The third-order valence-electron chi connectivity index (χ3n) is 2.19. The summed E-state index contributed by atoms with van der Waals surface area (Å²) in [6.45, 7) is 1.72. The molecule has 2 heterocycles. The highest BCUT2D eigenvalue weighted by Crippen LogP contribution is 2.32. The second-order valence-electron chi connectivity index (χ2n) is 3.23. The van der Waals surface area contributed by atoms with Crippen LogP contribution in [0.4, 0.5) is 0 Å². The predicted molar refractivity (Wildman–Crippen MR) is 39.5 cm³/mol. The molecule has 0 amide bonds. The van der Waals surface area contributed by atoms with E-state index in [1.165, 1.54) is 6.92 Å². The van der Waals surface area contributed by atoms with Crippen molar-refractivity contribution in [3.63, 3.8) is 0 Å². The summed E-state index contributed by atoms with van der Waals surface area (Å²) in [5.74, 6) is -0.610. The maximum Gasteiger partial charge on any atom is 0.306 e. The molecule has 3 atom stereocenters. The van der Waals surface area contributed by atoms with Crippen molar-refractivity contribution < 1.29 is 23.8 Å². The molecule has 2 rings (SSSR count). The Labute approximate surface area is 74.9 Å². The van der Waals surface area contributed by atoms with Gasteiger partial charge in [0.2, 0.25) is 6.29 Å². The van der Waals surface area contributed by atoms with E-state index in [-0.39, 0.29) is 11.9 Å². The van der Waals surface area contributed by atoms with Crippen LogP contribution >= 0.6 is 0 Å². The molecule has 0 N–H and O–H groups in total. The van der Waals surface area contributed by atoms with E-state index in [4.69, 9.17) is 14.2 Å². The summed E-state index contributed by atoms with van der Waals surface area (Å²) in [6, 6.07) is 0. The smallest absolute Gasteiger partial charge is 0.306 e. The first-order valence-electron chi connectivity index (χ1n) is 4.15. The molecule has 2 saturated heterocycles. The van der Waals surface area contributed by atoms with Crippen LogP contribution < -0.4 is 0 Å². The van der Waals surface area contributed by atoms with E-state index in [0.29, 0.717) is 13.0 Å². The molecule has 2 aliphatic rings. The third-order valence-corrected chi connectivity index (χ3v) is 2.19. The number of hydrogen-bond donors (Lipinski definition) is 0. The van der Waals surface area contributed by atoms with Crippen LogP contribution in [0.25, 0.3) is 0 Å². The number of ether oxygens (including phenoxy) is 3. The van der Waals surface area contributed by atoms with E-state index in [2.05, 4.69) is 0 Å². The van der Waals surface area contributed by atoms with Crippen LogP contribution in [0, 0.1) is 5.92 Å². The standard InChI is InChI=1S/C8H10O5/c1-4(9)12-8-7-5(3-11-8)2-6(10)13-7/h5,7-8H,2-3H2,1H3/t5-,7-,8+/m0/s1. The largest absolute Gasteiger partial charge is 0.455 e. The molecule has 0 aromatic carbocycles. The van der Waals surface area contributed by atoms with Crippen molar-refractivity contribution in [2.75, 3.05) is 6.61 Å². The molecule has 0 radical (unpaired) electrons. The van der Waals surface area contributed by atoms with Crippen molar-refractivity contribution >= 4 is 11.9 Å². The zero-order chi connectivity index (χ0) is 9.42. The highest BCUT2D eigenvalue weighted by molar-refractivity contribution is 5.72. The maximum atomic E-state index is 10.9. The maximum absolute atomic E-state index is 10.9. The van der Waals surface area contributed by atoms with Gasteiger partial charge in [-0.2, -0.15) is 0 Å². The summed E-state index contributed by atoms with van der Waals surface area (Å²) >= 11 is 0. The van der Waals surface area contributed by atoms with Gasteiger partial charge in [-0.25, -0.2) is 0 Å². The molecule has 5 nitrogen and oxygen atoms in total. The lowest BCUT2D eigenvalue weighted by molar-refractivity contribution is -0.187. The summed E-state index contributed by atoms with van der Waals surface area (Å²) in [6.07, 6.45) is -0.729. The molecular weight excluding hydrogens is 176 g/mol. The summed E-state index contributed by atoms with van der Waals surface area (Å²) in [4.78, 5) is 21.5. The van der Waals surface area contributed by atoms with Gasteiger partial charge in [-0.1, -0.05) is 0 Å². The monoisotopic (exact) mass is 186 g/mol. The number of rotatable bonds is 1. The van der Waals surface area contributed by atoms with E-state index < -0.39 is 18.4 Å². The van der Waals surface area contributed by atoms with Gasteiger partial charge in [0, 0.05) is 12.8 Å². The Balaban J connectivity index is 2.00. The lowest BCUT2D eigenvalue weighted by Gasteiger charge is -2.15. The van der Waals surface area contributed by atoms with Crippen molar-refractivity contribution in [3.05, 3.63) is 0 Å². The van der Waals surface area contributed by atoms with Crippen molar-refractivity contribution in [2.45, 2.75) is 25.7 Å². The highest BCUT2D eigenvalue weighted by atomic mass is 16.7. The van der Waals surface area contributed by atoms with E-state index in [0.717, 1.165) is 0 Å². The summed E-state index contributed by atoms with van der Waals surface area (Å²) in [7, 11) is 0. The molecule has 0 aromatic heterocycles. The van der Waals surface area contributed by atoms with Crippen LogP contribution in [0.15, 0.2) is 0 Å². The molecule has 5 heteroatoms. The van der Waals surface area contributed by atoms with Crippen LogP contribution in [-0.2, 0) is 23.8 Å². The zero-order valence-electron chi connectivity index (χ0n) is 7.19. The SMILES string of the molecule is CC(=O)O[C@H]1OC[C@@H]2CC(=O)O[C@@H]21. The summed E-state index contributed by atoms with van der Waals surface area (Å²) in [5.41, 5.74) is 0. The number of hydrogen-bond acceptors (Lipinski definition) is 5. The van der Waals surface area contributed by atoms with Gasteiger partial charge >= 0.3 is 11.9 Å². The highest BCUT2D eigenvalue weighted by Gasteiger charge is 2.47. The van der Waals surface area contributed by atoms with Gasteiger partial charge in [0.15, 0.2) is 6.10 Å². The Bertz CT molecular complexity index is 249. The van der Waals surface area contributed by atoms with Gasteiger partial charge in [-0.15, -0.1) is 0 Å². The topological polar surface area (TPSA) is 61.8 Å². The fourth-order valence-corrected chi connectivity index (χ4v) is 1.64. The molecule has 0 aliphatic carbocycles. The lowest BCUT2D eigenvalue weighted by Crippen LogP contribution is -2.29. The number of fused-ring (bicyclic) bond motifs is 1. The van der Waals surface area contributed by atoms with Gasteiger partial charge < -0.3 is 14.2 Å². The van der Waals surface area contributed by atoms with Gasteiger partial charge in [-0.3, -0.25) is 9.59 Å². The van der Waals surface area contributed by atoms with Gasteiger partial charge in [0.1, 0.15) is 0 Å². The Morgan fingerprint density at radius 1 is 1.62 bits per heavy atom. The summed E-state index contributed by atoms with van der Waals surface area (Å²) < 4.78 is 15.0. The molecular formula is C8H10O5. The van der Waals surface area contributed by atoms with Crippen molar-refractivity contribution in [3.8, 4) is 0 Å². The average molecular weight is 186 g/mol. The first-order chi connectivity index (χ1) is 6.16. The average Bonchev–Trinajstić information content (AvgIpc) is 2.51. The number of carbonyl (C=O) groups excluding carboxylic acids is 2. The van der Waals surface area contributed by atoms with Crippen LogP contribution in [0.5, 0.6) is 0 Å². The quantitative estimate of drug-likeness (QED) is 0.532. The van der Waals surface area contributed by atoms with Crippen LogP contribution in [0.3, 0.4) is 0 Å². The Morgan fingerprint density at radius 3 is 3.08 bits per heavy atom. The van der Waals surface area contributed by atoms with Crippen molar-refractivity contribution in [1.29, 1.82) is 0 Å². The fourth-order valence-electron chi connectivity index (χ4n) is 1.64. The van der Waals surface area contributed by atoms with Gasteiger partial charge in [-0.05, 0) is 0 Å². The Kier molecular flexibility index (Phi) is 1.95. The van der Waals surface area contributed by atoms with Gasteiger partial charge in [0.25, 0.3) is 0 Å². The van der Waals surface area contributed by atoms with E-state index in [1.54, 1.807) is 0 Å². The number of carbonyl (C=O) groups is 2. The predicted octanol–water partition coefficient (Wildman–Crippen LogP) is -0.163. The number of esters is 2. The van der Waals surface area contributed by atoms with E-state index in [1.807, 2.05) is 0 Å². The fraction of sp³-hybridized carbons (Fsp3) is 0.750. The van der Waals surface area contributed by atoms with Crippen molar-refractivity contribution in [1.82, 2.24) is 0 Å². The second kappa shape index (κ2) is 2.99. The molecule has 0 aromatic rings. The third kappa shape index (κ3) is 1.51. The zero-order valence-corrected chi connectivity index (χ0v) is 7.19. The van der Waals surface area contributed by atoms with Crippen molar-refractivity contribution in [2.24, 2.45) is 5.92 Å². The van der Waals surface area contributed by atoms with Gasteiger partial charge in [0.05, 0.1) is 13.0 Å². The van der Waals surface area contributed by atoms with Crippen LogP contribution in [0.1, 0.15) is 13.3 Å². The molecule has 2 fully saturated rings. The van der Waals surface area contributed by atoms with E-state index >= 15 is 0 Å². The Hall–Kier alpha value is -1.10. The molecule has 72 valence electrons. The van der Waals surface area contributed by atoms with Crippen LogP contribution in [0.2, 0.25) is 0 Å². The minimum Gasteiger partial charge on any atom is -0.455 e. The first kappa shape index (κ1) is 8.50. The molecule has 0 bridgehead atoms. The molecule has 2 aliphatic heterocycles. The molecule has 0 spiro atoms. The normalized spacial score (nSPS) is 37.0. The molecule has 0 unspecified atom stereocenters. The first-order valence-corrected chi connectivity index (χ1v) is 4.15. The van der Waals surface area contributed by atoms with Crippen LogP contribution in [-0.4, -0.2) is 30.9 Å². The van der Waals surface area contributed by atoms with E-state index in [9.17, 15) is 9.59 Å². The summed E-state index contributed by atoms with van der Waals surface area (Å²) in [5, 5.41) is 0. The second-order valence-corrected chi connectivity index (χ2v) is 3.23.